The van der Waals surface area contributed by atoms with Crippen LogP contribution in [0.2, 0.25) is 0 Å². The summed E-state index contributed by atoms with van der Waals surface area (Å²) >= 11 is 0. The molecule has 0 spiro atoms. The SMILES string of the molecule is O=C1C[C@H](CCC(=O)N2CC(OCc3ccc(C(F)(F)F)cc3F)C2)CO1. The summed E-state index contributed by atoms with van der Waals surface area (Å²) in [4.78, 5) is 24.7. The van der Waals surface area contributed by atoms with Gasteiger partial charge in [-0.2, -0.15) is 13.2 Å². The molecule has 1 aromatic carbocycles. The molecule has 0 radical (unpaired) electrons. The van der Waals surface area contributed by atoms with Gasteiger partial charge in [0.2, 0.25) is 5.91 Å². The Morgan fingerprint density at radius 1 is 1.30 bits per heavy atom. The average molecular weight is 389 g/mol. The van der Waals surface area contributed by atoms with Crippen LogP contribution in [0.4, 0.5) is 17.6 Å². The highest BCUT2D eigenvalue weighted by Gasteiger charge is 2.33. The smallest absolute Gasteiger partial charge is 0.416 e. The maximum Gasteiger partial charge on any atom is 0.416 e. The third-order valence-electron chi connectivity index (χ3n) is 4.76. The number of hydrogen-bond donors (Lipinski definition) is 0. The summed E-state index contributed by atoms with van der Waals surface area (Å²) in [6, 6.07) is 2.33. The first kappa shape index (κ1) is 19.6. The molecule has 0 N–H and O–H groups in total. The van der Waals surface area contributed by atoms with Gasteiger partial charge in [-0.25, -0.2) is 4.39 Å². The van der Waals surface area contributed by atoms with Crippen LogP contribution in [-0.2, 0) is 31.8 Å². The maximum absolute atomic E-state index is 13.8. The number of carbonyl (C=O) groups is 2. The van der Waals surface area contributed by atoms with Crippen LogP contribution >= 0.6 is 0 Å². The van der Waals surface area contributed by atoms with Crippen molar-refractivity contribution in [3.63, 3.8) is 0 Å². The van der Waals surface area contributed by atoms with E-state index in [1.807, 2.05) is 0 Å². The van der Waals surface area contributed by atoms with Crippen LogP contribution < -0.4 is 0 Å². The van der Waals surface area contributed by atoms with Gasteiger partial charge in [-0.3, -0.25) is 9.59 Å². The molecule has 3 rings (SSSR count). The summed E-state index contributed by atoms with van der Waals surface area (Å²) < 4.78 is 61.6. The maximum atomic E-state index is 13.8. The minimum Gasteiger partial charge on any atom is -0.465 e. The van der Waals surface area contributed by atoms with Crippen molar-refractivity contribution in [2.75, 3.05) is 19.7 Å². The molecule has 2 aliphatic heterocycles. The Kier molecular flexibility index (Phi) is 5.69. The first-order chi connectivity index (χ1) is 12.7. The Morgan fingerprint density at radius 2 is 2.04 bits per heavy atom. The molecule has 1 atom stereocenters. The van der Waals surface area contributed by atoms with E-state index in [0.29, 0.717) is 45.0 Å². The number of carbonyl (C=O) groups excluding carboxylic acids is 2. The van der Waals surface area contributed by atoms with E-state index in [0.717, 1.165) is 12.1 Å². The van der Waals surface area contributed by atoms with E-state index in [4.69, 9.17) is 9.47 Å². The molecule has 0 unspecified atom stereocenters. The molecule has 0 saturated carbocycles. The molecule has 148 valence electrons. The number of esters is 1. The fourth-order valence-corrected chi connectivity index (χ4v) is 3.03. The lowest BCUT2D eigenvalue weighted by Crippen LogP contribution is -2.54. The van der Waals surface area contributed by atoms with Crippen molar-refractivity contribution in [3.8, 4) is 0 Å². The number of cyclic esters (lactones) is 1. The lowest BCUT2D eigenvalue weighted by Gasteiger charge is -2.39. The zero-order chi connectivity index (χ0) is 19.6. The third-order valence-corrected chi connectivity index (χ3v) is 4.76. The second-order valence-corrected chi connectivity index (χ2v) is 6.83. The number of likely N-dealkylation sites (tertiary alicyclic amines) is 1. The van der Waals surface area contributed by atoms with E-state index in [1.54, 1.807) is 4.90 Å². The normalized spacial score (nSPS) is 20.5. The predicted molar refractivity (Wildman–Crippen MR) is 84.9 cm³/mol. The van der Waals surface area contributed by atoms with E-state index >= 15 is 0 Å². The molecule has 5 nitrogen and oxygen atoms in total. The molecule has 0 aliphatic carbocycles. The highest BCUT2D eigenvalue weighted by atomic mass is 19.4. The van der Waals surface area contributed by atoms with E-state index in [2.05, 4.69) is 0 Å². The molecular weight excluding hydrogens is 370 g/mol. The van der Waals surface area contributed by atoms with Gasteiger partial charge in [-0.05, 0) is 18.6 Å². The molecule has 1 aromatic rings. The van der Waals surface area contributed by atoms with Gasteiger partial charge in [0.1, 0.15) is 5.82 Å². The summed E-state index contributed by atoms with van der Waals surface area (Å²) in [5.41, 5.74) is -1.00. The van der Waals surface area contributed by atoms with Crippen molar-refractivity contribution in [1.82, 2.24) is 4.90 Å². The molecule has 0 aromatic heterocycles. The van der Waals surface area contributed by atoms with Gasteiger partial charge in [-0.1, -0.05) is 6.07 Å². The highest BCUT2D eigenvalue weighted by Crippen LogP contribution is 2.30. The van der Waals surface area contributed by atoms with Crippen LogP contribution in [-0.4, -0.2) is 42.6 Å². The Bertz CT molecular complexity index is 716. The van der Waals surface area contributed by atoms with Crippen molar-refractivity contribution in [3.05, 3.63) is 35.1 Å². The molecule has 2 heterocycles. The molecule has 2 fully saturated rings. The number of benzene rings is 1. The minimum absolute atomic E-state index is 0.0404. The van der Waals surface area contributed by atoms with Crippen molar-refractivity contribution < 1.29 is 36.6 Å². The largest absolute Gasteiger partial charge is 0.465 e. The fourth-order valence-electron chi connectivity index (χ4n) is 3.03. The van der Waals surface area contributed by atoms with Gasteiger partial charge in [-0.15, -0.1) is 0 Å². The summed E-state index contributed by atoms with van der Waals surface area (Å²) in [5, 5.41) is 0. The number of ether oxygens (including phenoxy) is 2. The van der Waals surface area contributed by atoms with E-state index in [-0.39, 0.29) is 36.1 Å². The van der Waals surface area contributed by atoms with E-state index in [9.17, 15) is 27.2 Å². The molecule has 2 aliphatic rings. The number of alkyl halides is 3. The van der Waals surface area contributed by atoms with Crippen LogP contribution in [0, 0.1) is 11.7 Å². The van der Waals surface area contributed by atoms with Crippen LogP contribution in [0.3, 0.4) is 0 Å². The monoisotopic (exact) mass is 389 g/mol. The summed E-state index contributed by atoms with van der Waals surface area (Å²) in [6.07, 6.45) is -3.61. The lowest BCUT2D eigenvalue weighted by atomic mass is 10.0. The van der Waals surface area contributed by atoms with E-state index < -0.39 is 17.6 Å². The molecule has 0 bridgehead atoms. The lowest BCUT2D eigenvalue weighted by molar-refractivity contribution is -0.146. The van der Waals surface area contributed by atoms with Gasteiger partial charge in [0, 0.05) is 31.0 Å². The standard InChI is InChI=1S/C18H19F4NO4/c19-15-6-13(18(20,21)22)3-2-12(15)10-26-14-7-23(8-14)16(24)4-1-11-5-17(25)27-9-11/h2-3,6,11,14H,1,4-5,7-10H2/t11-/m0/s1. The van der Waals surface area contributed by atoms with Crippen molar-refractivity contribution in [1.29, 1.82) is 0 Å². The van der Waals surface area contributed by atoms with Crippen molar-refractivity contribution in [2.45, 2.75) is 38.1 Å². The van der Waals surface area contributed by atoms with Crippen molar-refractivity contribution in [2.24, 2.45) is 5.92 Å². The number of nitrogens with zero attached hydrogens (tertiary/aromatic N) is 1. The molecule has 9 heteroatoms. The molecular formula is C18H19F4NO4. The Labute approximate surface area is 153 Å². The minimum atomic E-state index is -4.59. The van der Waals surface area contributed by atoms with Gasteiger partial charge in [0.15, 0.2) is 0 Å². The quantitative estimate of drug-likeness (QED) is 0.555. The predicted octanol–water partition coefficient (Wildman–Crippen LogP) is 2.92. The van der Waals surface area contributed by atoms with Gasteiger partial charge >= 0.3 is 12.1 Å². The number of rotatable bonds is 6. The number of hydrogen-bond acceptors (Lipinski definition) is 4. The fraction of sp³-hybridized carbons (Fsp3) is 0.556. The molecule has 2 saturated heterocycles. The molecule has 27 heavy (non-hydrogen) atoms. The first-order valence-corrected chi connectivity index (χ1v) is 8.63. The van der Waals surface area contributed by atoms with Gasteiger partial charge in [0.25, 0.3) is 0 Å². The zero-order valence-electron chi connectivity index (χ0n) is 14.4. The highest BCUT2D eigenvalue weighted by molar-refractivity contribution is 5.77. The zero-order valence-corrected chi connectivity index (χ0v) is 14.4. The van der Waals surface area contributed by atoms with Crippen LogP contribution in [0.1, 0.15) is 30.4 Å². The second kappa shape index (κ2) is 7.84. The summed E-state index contributed by atoms with van der Waals surface area (Å²) in [5.74, 6) is -1.17. The summed E-state index contributed by atoms with van der Waals surface area (Å²) in [7, 11) is 0. The van der Waals surface area contributed by atoms with Crippen LogP contribution in [0.25, 0.3) is 0 Å². The third kappa shape index (κ3) is 4.97. The first-order valence-electron chi connectivity index (χ1n) is 8.63. The van der Waals surface area contributed by atoms with Crippen LogP contribution in [0.15, 0.2) is 18.2 Å². The van der Waals surface area contributed by atoms with E-state index in [1.165, 1.54) is 0 Å². The van der Waals surface area contributed by atoms with Gasteiger partial charge in [0.05, 0.1) is 31.3 Å². The van der Waals surface area contributed by atoms with Crippen molar-refractivity contribution >= 4 is 11.9 Å². The van der Waals surface area contributed by atoms with Gasteiger partial charge < -0.3 is 14.4 Å². The average Bonchev–Trinajstić information content (AvgIpc) is 2.97. The Morgan fingerprint density at radius 3 is 2.63 bits per heavy atom. The second-order valence-electron chi connectivity index (χ2n) is 6.83. The topological polar surface area (TPSA) is 55.8 Å². The molecule has 1 amide bonds. The Hall–Kier alpha value is -2.16. The number of halogens is 4. The summed E-state index contributed by atoms with van der Waals surface area (Å²) in [6.45, 7) is 0.928. The van der Waals surface area contributed by atoms with Crippen LogP contribution in [0.5, 0.6) is 0 Å². The number of amides is 1. The Balaban J connectivity index is 1.38.